The summed E-state index contributed by atoms with van der Waals surface area (Å²) in [5.41, 5.74) is 6.54. The Bertz CT molecular complexity index is 338. The van der Waals surface area contributed by atoms with Gasteiger partial charge in [-0.25, -0.2) is 0 Å². The monoisotopic (exact) mass is 245 g/mol. The normalized spacial score (nSPS) is 13.5. The Balaban J connectivity index is 0.00000225. The highest BCUT2D eigenvalue weighted by Gasteiger charge is 2.11. The van der Waals surface area contributed by atoms with Gasteiger partial charge in [0.15, 0.2) is 0 Å². The molecule has 0 aliphatic rings. The van der Waals surface area contributed by atoms with E-state index in [0.29, 0.717) is 5.75 Å². The smallest absolute Gasteiger partial charge is 0.308 e. The molecule has 1 rings (SSSR count). The molecule has 3 N–H and O–H groups in total. The molecule has 90 valence electrons. The zero-order valence-electron chi connectivity index (χ0n) is 9.21. The number of aliphatic hydroxyl groups is 1. The van der Waals surface area contributed by atoms with E-state index >= 15 is 0 Å². The van der Waals surface area contributed by atoms with E-state index in [1.807, 2.05) is 0 Å². The number of ether oxygens (including phenoxy) is 1. The number of carbonyl (C=O) groups excluding carboxylic acids is 1. The van der Waals surface area contributed by atoms with Gasteiger partial charge in [0.1, 0.15) is 5.75 Å². The van der Waals surface area contributed by atoms with E-state index in [2.05, 4.69) is 0 Å². The third-order valence-electron chi connectivity index (χ3n) is 2.05. The van der Waals surface area contributed by atoms with E-state index in [0.717, 1.165) is 5.56 Å². The minimum atomic E-state index is -0.607. The van der Waals surface area contributed by atoms with Gasteiger partial charge in [-0.2, -0.15) is 0 Å². The molecule has 0 aliphatic carbocycles. The Morgan fingerprint density at radius 3 is 2.25 bits per heavy atom. The predicted molar refractivity (Wildman–Crippen MR) is 63.6 cm³/mol. The van der Waals surface area contributed by atoms with Crippen LogP contribution in [0.4, 0.5) is 0 Å². The fraction of sp³-hybridized carbons (Fsp3) is 0.364. The molecule has 0 bridgehead atoms. The Morgan fingerprint density at radius 2 is 1.88 bits per heavy atom. The summed E-state index contributed by atoms with van der Waals surface area (Å²) < 4.78 is 4.87. The Hall–Kier alpha value is -1.10. The van der Waals surface area contributed by atoms with Crippen molar-refractivity contribution < 1.29 is 14.6 Å². The molecule has 0 aromatic heterocycles. The van der Waals surface area contributed by atoms with Gasteiger partial charge in [-0.1, -0.05) is 12.1 Å². The SMILES string of the molecule is CC(=O)Oc1ccc([C@@H](N)[C@H](C)O)cc1.Cl. The van der Waals surface area contributed by atoms with Crippen molar-refractivity contribution in [2.45, 2.75) is 26.0 Å². The summed E-state index contributed by atoms with van der Waals surface area (Å²) in [6.45, 7) is 2.97. The number of carbonyl (C=O) groups is 1. The maximum atomic E-state index is 10.7. The highest BCUT2D eigenvalue weighted by atomic mass is 35.5. The van der Waals surface area contributed by atoms with Gasteiger partial charge in [0.25, 0.3) is 0 Å². The molecule has 5 heteroatoms. The fourth-order valence-corrected chi connectivity index (χ4v) is 1.20. The molecule has 4 nitrogen and oxygen atoms in total. The summed E-state index contributed by atoms with van der Waals surface area (Å²) in [4.78, 5) is 10.7. The van der Waals surface area contributed by atoms with E-state index in [1.54, 1.807) is 31.2 Å². The van der Waals surface area contributed by atoms with E-state index in [4.69, 9.17) is 10.5 Å². The van der Waals surface area contributed by atoms with E-state index < -0.39 is 12.1 Å². The standard InChI is InChI=1S/C11H15NO3.ClH/c1-7(13)11(12)9-3-5-10(6-4-9)15-8(2)14;/h3-7,11,13H,12H2,1-2H3;1H/t7-,11-;/m0./s1. The maximum Gasteiger partial charge on any atom is 0.308 e. The third-order valence-corrected chi connectivity index (χ3v) is 2.05. The van der Waals surface area contributed by atoms with Crippen LogP contribution in [-0.4, -0.2) is 17.2 Å². The molecule has 16 heavy (non-hydrogen) atoms. The van der Waals surface area contributed by atoms with Crippen LogP contribution in [0.1, 0.15) is 25.5 Å². The van der Waals surface area contributed by atoms with E-state index in [9.17, 15) is 9.90 Å². The molecule has 0 heterocycles. The largest absolute Gasteiger partial charge is 0.427 e. The highest BCUT2D eigenvalue weighted by molar-refractivity contribution is 5.85. The topological polar surface area (TPSA) is 72.5 Å². The van der Waals surface area contributed by atoms with Crippen LogP contribution in [0.3, 0.4) is 0 Å². The van der Waals surface area contributed by atoms with Crippen LogP contribution in [0.2, 0.25) is 0 Å². The zero-order chi connectivity index (χ0) is 11.4. The predicted octanol–water partition coefficient (Wildman–Crippen LogP) is 1.41. The summed E-state index contributed by atoms with van der Waals surface area (Å²) >= 11 is 0. The van der Waals surface area contributed by atoms with Gasteiger partial charge in [-0.05, 0) is 24.6 Å². The van der Waals surface area contributed by atoms with Crippen molar-refractivity contribution in [1.29, 1.82) is 0 Å². The molecule has 2 atom stereocenters. The lowest BCUT2D eigenvalue weighted by atomic mass is 10.0. The van der Waals surface area contributed by atoms with Crippen LogP contribution >= 0.6 is 12.4 Å². The van der Waals surface area contributed by atoms with Gasteiger partial charge in [0.05, 0.1) is 12.1 Å². The molecule has 1 aromatic carbocycles. The molecular formula is C11H16ClNO3. The van der Waals surface area contributed by atoms with E-state index in [-0.39, 0.29) is 18.4 Å². The fourth-order valence-electron chi connectivity index (χ4n) is 1.20. The average molecular weight is 246 g/mol. The van der Waals surface area contributed by atoms with Gasteiger partial charge in [-0.15, -0.1) is 12.4 Å². The minimum Gasteiger partial charge on any atom is -0.427 e. The first-order chi connectivity index (χ1) is 7.00. The third kappa shape index (κ3) is 4.18. The van der Waals surface area contributed by atoms with Gasteiger partial charge < -0.3 is 15.6 Å². The van der Waals surface area contributed by atoms with Crippen LogP contribution in [0.25, 0.3) is 0 Å². The maximum absolute atomic E-state index is 10.7. The summed E-state index contributed by atoms with van der Waals surface area (Å²) in [5.74, 6) is 0.117. The number of hydrogen-bond donors (Lipinski definition) is 2. The van der Waals surface area contributed by atoms with Crippen LogP contribution in [0.15, 0.2) is 24.3 Å². The molecule has 0 spiro atoms. The number of aliphatic hydroxyl groups excluding tert-OH is 1. The number of benzene rings is 1. The van der Waals surface area contributed by atoms with Gasteiger partial charge in [0.2, 0.25) is 0 Å². The first-order valence-electron chi connectivity index (χ1n) is 4.72. The molecule has 1 aromatic rings. The van der Waals surface area contributed by atoms with Crippen LogP contribution in [0, 0.1) is 0 Å². The number of halogens is 1. The van der Waals surface area contributed by atoms with Crippen molar-refractivity contribution >= 4 is 18.4 Å². The van der Waals surface area contributed by atoms with Gasteiger partial charge >= 0.3 is 5.97 Å². The highest BCUT2D eigenvalue weighted by Crippen LogP contribution is 2.18. The summed E-state index contributed by atoms with van der Waals surface area (Å²) in [6, 6.07) is 6.35. The first-order valence-corrected chi connectivity index (χ1v) is 4.72. The molecular weight excluding hydrogens is 230 g/mol. The average Bonchev–Trinajstić information content (AvgIpc) is 2.17. The number of nitrogens with two attached hydrogens (primary N) is 1. The van der Waals surface area contributed by atoms with Crippen molar-refractivity contribution in [3.63, 3.8) is 0 Å². The first kappa shape index (κ1) is 14.9. The Labute approximate surface area is 101 Å². The van der Waals surface area contributed by atoms with Crippen molar-refractivity contribution in [3.8, 4) is 5.75 Å². The molecule has 0 aliphatic heterocycles. The molecule has 0 fully saturated rings. The summed E-state index contributed by atoms with van der Waals surface area (Å²) in [6.07, 6.45) is -0.607. The Morgan fingerprint density at radius 1 is 1.38 bits per heavy atom. The zero-order valence-corrected chi connectivity index (χ0v) is 10.0. The molecule has 0 amide bonds. The van der Waals surface area contributed by atoms with Gasteiger partial charge in [-0.3, -0.25) is 4.79 Å². The summed E-state index contributed by atoms with van der Waals surface area (Å²) in [7, 11) is 0. The van der Waals surface area contributed by atoms with Crippen molar-refractivity contribution in [2.24, 2.45) is 5.73 Å². The van der Waals surface area contributed by atoms with Crippen LogP contribution < -0.4 is 10.5 Å². The summed E-state index contributed by atoms with van der Waals surface area (Å²) in [5, 5.41) is 9.28. The molecule has 0 radical (unpaired) electrons. The minimum absolute atomic E-state index is 0. The molecule has 0 saturated carbocycles. The Kier molecular flexibility index (Phi) is 6.03. The van der Waals surface area contributed by atoms with E-state index in [1.165, 1.54) is 6.92 Å². The molecule has 0 saturated heterocycles. The van der Waals surface area contributed by atoms with Crippen LogP contribution in [0.5, 0.6) is 5.75 Å². The van der Waals surface area contributed by atoms with Gasteiger partial charge in [0, 0.05) is 6.92 Å². The number of esters is 1. The van der Waals surface area contributed by atoms with Crippen LogP contribution in [-0.2, 0) is 4.79 Å². The number of hydrogen-bond acceptors (Lipinski definition) is 4. The number of rotatable bonds is 3. The lowest BCUT2D eigenvalue weighted by Crippen LogP contribution is -2.22. The lowest BCUT2D eigenvalue weighted by molar-refractivity contribution is -0.131. The quantitative estimate of drug-likeness (QED) is 0.624. The molecule has 0 unspecified atom stereocenters. The lowest BCUT2D eigenvalue weighted by Gasteiger charge is -2.15. The van der Waals surface area contributed by atoms with Crippen molar-refractivity contribution in [3.05, 3.63) is 29.8 Å². The van der Waals surface area contributed by atoms with Crippen molar-refractivity contribution in [2.75, 3.05) is 0 Å². The second-order valence-electron chi connectivity index (χ2n) is 3.43. The second kappa shape index (κ2) is 6.48. The van der Waals surface area contributed by atoms with Crippen molar-refractivity contribution in [1.82, 2.24) is 0 Å². The second-order valence-corrected chi connectivity index (χ2v) is 3.43.